The van der Waals surface area contributed by atoms with E-state index in [1.165, 1.54) is 12.5 Å². The lowest BCUT2D eigenvalue weighted by Crippen LogP contribution is -2.44. The van der Waals surface area contributed by atoms with Crippen LogP contribution in [-0.4, -0.2) is 56.1 Å². The third kappa shape index (κ3) is 5.16. The second kappa shape index (κ2) is 8.42. The van der Waals surface area contributed by atoms with E-state index in [9.17, 15) is 13.6 Å². The first kappa shape index (κ1) is 18.6. The molecule has 2 rings (SSSR count). The van der Waals surface area contributed by atoms with Gasteiger partial charge in [-0.3, -0.25) is 0 Å². The number of carbonyl (C=O) groups excluding carboxylic acids is 1. The fourth-order valence-corrected chi connectivity index (χ4v) is 3.20. The third-order valence-corrected chi connectivity index (χ3v) is 4.67. The Labute approximate surface area is 142 Å². The number of nitrogens with zero attached hydrogens (tertiary/aromatic N) is 2. The zero-order chi connectivity index (χ0) is 17.7. The van der Waals surface area contributed by atoms with Gasteiger partial charge >= 0.3 is 6.03 Å². The molecule has 134 valence electrons. The minimum absolute atomic E-state index is 0.0849. The number of amides is 2. The van der Waals surface area contributed by atoms with E-state index in [4.69, 9.17) is 0 Å². The summed E-state index contributed by atoms with van der Waals surface area (Å²) >= 11 is 0. The highest BCUT2D eigenvalue weighted by atomic mass is 19.2. The molecule has 0 aliphatic carbocycles. The average Bonchev–Trinajstić information content (AvgIpc) is 2.54. The van der Waals surface area contributed by atoms with Crippen molar-refractivity contribution in [1.29, 1.82) is 0 Å². The molecule has 24 heavy (non-hydrogen) atoms. The SMILES string of the molecule is C[C@H](CNC(=O)N(C)C[C@@H]1CCCN(C)C1)c1ccc(F)c(F)c1. The monoisotopic (exact) mass is 339 g/mol. The van der Waals surface area contributed by atoms with Gasteiger partial charge in [0.1, 0.15) is 0 Å². The molecule has 1 aromatic rings. The molecule has 1 aliphatic heterocycles. The molecule has 0 saturated carbocycles. The third-order valence-electron chi connectivity index (χ3n) is 4.67. The van der Waals surface area contributed by atoms with Gasteiger partial charge in [0, 0.05) is 26.7 Å². The van der Waals surface area contributed by atoms with Gasteiger partial charge in [-0.2, -0.15) is 0 Å². The highest BCUT2D eigenvalue weighted by Crippen LogP contribution is 2.18. The van der Waals surface area contributed by atoms with Crippen LogP contribution in [0.4, 0.5) is 13.6 Å². The lowest BCUT2D eigenvalue weighted by Gasteiger charge is -2.32. The average molecular weight is 339 g/mol. The lowest BCUT2D eigenvalue weighted by atomic mass is 9.98. The summed E-state index contributed by atoms with van der Waals surface area (Å²) in [7, 11) is 3.90. The lowest BCUT2D eigenvalue weighted by molar-refractivity contribution is 0.163. The Bertz CT molecular complexity index is 567. The minimum Gasteiger partial charge on any atom is -0.337 e. The normalized spacial score (nSPS) is 19.8. The van der Waals surface area contributed by atoms with Crippen LogP contribution in [0.3, 0.4) is 0 Å². The molecule has 0 bridgehead atoms. The Balaban J connectivity index is 1.79. The number of carbonyl (C=O) groups is 1. The Kier molecular flexibility index (Phi) is 6.54. The Morgan fingerprint density at radius 2 is 2.17 bits per heavy atom. The maximum atomic E-state index is 13.3. The predicted molar refractivity (Wildman–Crippen MR) is 91.0 cm³/mol. The molecule has 4 nitrogen and oxygen atoms in total. The first-order valence-corrected chi connectivity index (χ1v) is 8.49. The fourth-order valence-electron chi connectivity index (χ4n) is 3.20. The van der Waals surface area contributed by atoms with Crippen molar-refractivity contribution in [3.63, 3.8) is 0 Å². The summed E-state index contributed by atoms with van der Waals surface area (Å²) in [5.41, 5.74) is 0.672. The van der Waals surface area contributed by atoms with Crippen molar-refractivity contribution >= 4 is 6.03 Å². The van der Waals surface area contributed by atoms with Crippen molar-refractivity contribution < 1.29 is 13.6 Å². The van der Waals surface area contributed by atoms with Gasteiger partial charge in [0.2, 0.25) is 0 Å². The largest absolute Gasteiger partial charge is 0.337 e. The molecule has 0 aromatic heterocycles. The van der Waals surface area contributed by atoms with Gasteiger partial charge in [-0.25, -0.2) is 13.6 Å². The second-order valence-corrected chi connectivity index (χ2v) is 6.91. The summed E-state index contributed by atoms with van der Waals surface area (Å²) in [6.07, 6.45) is 2.32. The summed E-state index contributed by atoms with van der Waals surface area (Å²) in [5, 5.41) is 2.87. The van der Waals surface area contributed by atoms with Gasteiger partial charge in [0.05, 0.1) is 0 Å². The van der Waals surface area contributed by atoms with E-state index in [-0.39, 0.29) is 11.9 Å². The van der Waals surface area contributed by atoms with Crippen molar-refractivity contribution in [2.75, 3.05) is 40.3 Å². The second-order valence-electron chi connectivity index (χ2n) is 6.91. The van der Waals surface area contributed by atoms with Gasteiger partial charge in [-0.05, 0) is 56.0 Å². The van der Waals surface area contributed by atoms with Crippen LogP contribution in [0.25, 0.3) is 0 Å². The molecule has 1 saturated heterocycles. The van der Waals surface area contributed by atoms with Crippen LogP contribution in [-0.2, 0) is 0 Å². The fraction of sp³-hybridized carbons (Fsp3) is 0.611. The number of likely N-dealkylation sites (tertiary alicyclic amines) is 1. The molecule has 2 atom stereocenters. The number of hydrogen-bond donors (Lipinski definition) is 1. The Morgan fingerprint density at radius 3 is 2.83 bits per heavy atom. The molecule has 1 aromatic carbocycles. The van der Waals surface area contributed by atoms with E-state index in [0.29, 0.717) is 18.0 Å². The molecular weight excluding hydrogens is 312 g/mol. The standard InChI is InChI=1S/C18H27F2N3O/c1-13(15-6-7-16(19)17(20)9-15)10-21-18(24)23(3)12-14-5-4-8-22(2)11-14/h6-7,9,13-14H,4-5,8,10-12H2,1-3H3,(H,21,24)/t13-,14-/m1/s1. The predicted octanol–water partition coefficient (Wildman–Crippen LogP) is 3.05. The number of urea groups is 1. The summed E-state index contributed by atoms with van der Waals surface area (Å²) in [6, 6.07) is 3.73. The first-order valence-electron chi connectivity index (χ1n) is 8.49. The van der Waals surface area contributed by atoms with Crippen LogP contribution in [0.2, 0.25) is 0 Å². The maximum absolute atomic E-state index is 13.3. The summed E-state index contributed by atoms with van der Waals surface area (Å²) in [6.45, 7) is 5.14. The maximum Gasteiger partial charge on any atom is 0.317 e. The molecule has 2 amide bonds. The molecule has 6 heteroatoms. The molecule has 1 heterocycles. The molecule has 1 N–H and O–H groups in total. The van der Waals surface area contributed by atoms with Crippen molar-refractivity contribution in [3.05, 3.63) is 35.4 Å². The van der Waals surface area contributed by atoms with Gasteiger partial charge < -0.3 is 15.1 Å². The van der Waals surface area contributed by atoms with E-state index in [1.807, 2.05) is 6.92 Å². The molecular formula is C18H27F2N3O. The van der Waals surface area contributed by atoms with Gasteiger partial charge in [0.25, 0.3) is 0 Å². The smallest absolute Gasteiger partial charge is 0.317 e. The van der Waals surface area contributed by atoms with E-state index in [1.54, 1.807) is 18.0 Å². The number of hydrogen-bond acceptors (Lipinski definition) is 2. The Hall–Kier alpha value is -1.69. The molecule has 1 fully saturated rings. The number of halogens is 2. The zero-order valence-corrected chi connectivity index (χ0v) is 14.7. The molecule has 1 aliphatic rings. The van der Waals surface area contributed by atoms with Crippen LogP contribution in [0.5, 0.6) is 0 Å². The Morgan fingerprint density at radius 1 is 1.42 bits per heavy atom. The zero-order valence-electron chi connectivity index (χ0n) is 14.7. The van der Waals surface area contributed by atoms with Crippen LogP contribution in [0.1, 0.15) is 31.2 Å². The highest BCUT2D eigenvalue weighted by Gasteiger charge is 2.21. The van der Waals surface area contributed by atoms with Crippen LogP contribution in [0, 0.1) is 17.6 Å². The number of rotatable bonds is 5. The summed E-state index contributed by atoms with van der Waals surface area (Å²) < 4.78 is 26.3. The molecule has 0 radical (unpaired) electrons. The molecule has 0 spiro atoms. The van der Waals surface area contributed by atoms with Crippen LogP contribution < -0.4 is 5.32 Å². The van der Waals surface area contributed by atoms with Gasteiger partial charge in [-0.15, -0.1) is 0 Å². The van der Waals surface area contributed by atoms with Crippen molar-refractivity contribution in [1.82, 2.24) is 15.1 Å². The summed E-state index contributed by atoms with van der Waals surface area (Å²) in [4.78, 5) is 16.2. The van der Waals surface area contributed by atoms with Crippen molar-refractivity contribution in [2.45, 2.75) is 25.7 Å². The van der Waals surface area contributed by atoms with E-state index < -0.39 is 11.6 Å². The van der Waals surface area contributed by atoms with Crippen molar-refractivity contribution in [2.24, 2.45) is 5.92 Å². The van der Waals surface area contributed by atoms with Crippen molar-refractivity contribution in [3.8, 4) is 0 Å². The van der Waals surface area contributed by atoms with E-state index in [0.717, 1.165) is 32.1 Å². The van der Waals surface area contributed by atoms with E-state index in [2.05, 4.69) is 17.3 Å². The summed E-state index contributed by atoms with van der Waals surface area (Å²) in [5.74, 6) is -1.29. The quantitative estimate of drug-likeness (QED) is 0.895. The highest BCUT2D eigenvalue weighted by molar-refractivity contribution is 5.73. The topological polar surface area (TPSA) is 35.6 Å². The van der Waals surface area contributed by atoms with Crippen LogP contribution in [0.15, 0.2) is 18.2 Å². The first-order chi connectivity index (χ1) is 11.4. The minimum atomic E-state index is -0.857. The van der Waals surface area contributed by atoms with Gasteiger partial charge in [-0.1, -0.05) is 13.0 Å². The number of benzene rings is 1. The van der Waals surface area contributed by atoms with E-state index >= 15 is 0 Å². The number of nitrogens with one attached hydrogen (secondary N) is 1. The molecule has 0 unspecified atom stereocenters. The van der Waals surface area contributed by atoms with Gasteiger partial charge in [0.15, 0.2) is 11.6 Å². The number of piperidine rings is 1. The van der Waals surface area contributed by atoms with Crippen LogP contribution >= 0.6 is 0 Å².